The molecular weight excluding hydrogens is 214 g/mol. The first-order chi connectivity index (χ1) is 7.25. The number of rotatable bonds is 2. The highest BCUT2D eigenvalue weighted by atomic mass is 32.2. The van der Waals surface area contributed by atoms with Crippen LogP contribution in [-0.4, -0.2) is 35.3 Å². The SMILES string of the molecule is O=C1NC(=NCC2CCCCS2)NC1=O. The number of amides is 2. The van der Waals surface area contributed by atoms with Crippen molar-refractivity contribution in [2.45, 2.75) is 24.5 Å². The molecule has 2 aliphatic rings. The number of nitrogens with zero attached hydrogens (tertiary/aromatic N) is 1. The number of hydrogen-bond donors (Lipinski definition) is 2. The van der Waals surface area contributed by atoms with Crippen LogP contribution in [0.25, 0.3) is 0 Å². The van der Waals surface area contributed by atoms with Crippen molar-refractivity contribution < 1.29 is 9.59 Å². The summed E-state index contributed by atoms with van der Waals surface area (Å²) in [6, 6.07) is 0. The van der Waals surface area contributed by atoms with Crippen LogP contribution in [-0.2, 0) is 9.59 Å². The van der Waals surface area contributed by atoms with E-state index in [9.17, 15) is 9.59 Å². The van der Waals surface area contributed by atoms with Crippen LogP contribution in [0.3, 0.4) is 0 Å². The lowest BCUT2D eigenvalue weighted by molar-refractivity contribution is -0.135. The molecule has 2 rings (SSSR count). The Morgan fingerprint density at radius 2 is 2.00 bits per heavy atom. The molecule has 2 saturated heterocycles. The van der Waals surface area contributed by atoms with E-state index in [1.54, 1.807) is 0 Å². The molecule has 6 heteroatoms. The summed E-state index contributed by atoms with van der Waals surface area (Å²) in [5.41, 5.74) is 0. The van der Waals surface area contributed by atoms with Gasteiger partial charge in [0.1, 0.15) is 0 Å². The summed E-state index contributed by atoms with van der Waals surface area (Å²) in [6.07, 6.45) is 3.70. The molecule has 2 N–H and O–H groups in total. The highest BCUT2D eigenvalue weighted by Crippen LogP contribution is 2.24. The van der Waals surface area contributed by atoms with E-state index in [0.29, 0.717) is 17.8 Å². The first-order valence-corrected chi connectivity index (χ1v) is 6.09. The average molecular weight is 227 g/mol. The van der Waals surface area contributed by atoms with Gasteiger partial charge in [0, 0.05) is 5.25 Å². The molecule has 1 unspecified atom stereocenters. The van der Waals surface area contributed by atoms with Crippen molar-refractivity contribution in [1.29, 1.82) is 0 Å². The number of carbonyl (C=O) groups is 2. The summed E-state index contributed by atoms with van der Waals surface area (Å²) < 4.78 is 0. The van der Waals surface area contributed by atoms with Crippen molar-refractivity contribution in [2.24, 2.45) is 4.99 Å². The normalized spacial score (nSPS) is 26.1. The molecular formula is C9H13N3O2S. The van der Waals surface area contributed by atoms with Crippen molar-refractivity contribution in [1.82, 2.24) is 10.6 Å². The molecule has 2 fully saturated rings. The predicted octanol–water partition coefficient (Wildman–Crippen LogP) is -0.126. The van der Waals surface area contributed by atoms with Crippen molar-refractivity contribution >= 4 is 29.5 Å². The van der Waals surface area contributed by atoms with E-state index in [0.717, 1.165) is 0 Å². The van der Waals surface area contributed by atoms with E-state index in [-0.39, 0.29) is 0 Å². The summed E-state index contributed by atoms with van der Waals surface area (Å²) in [4.78, 5) is 25.8. The van der Waals surface area contributed by atoms with Gasteiger partial charge >= 0.3 is 11.8 Å². The quantitative estimate of drug-likeness (QED) is 0.646. The second-order valence-corrected chi connectivity index (χ2v) is 4.99. The minimum Gasteiger partial charge on any atom is -0.288 e. The molecule has 0 radical (unpaired) electrons. The highest BCUT2D eigenvalue weighted by molar-refractivity contribution is 7.99. The van der Waals surface area contributed by atoms with Gasteiger partial charge in [-0.25, -0.2) is 0 Å². The second kappa shape index (κ2) is 4.65. The zero-order valence-electron chi connectivity index (χ0n) is 8.28. The first-order valence-electron chi connectivity index (χ1n) is 5.04. The third-order valence-corrected chi connectivity index (χ3v) is 3.78. The Kier molecular flexibility index (Phi) is 3.25. The maximum atomic E-state index is 10.8. The number of guanidine groups is 1. The predicted molar refractivity (Wildman–Crippen MR) is 58.7 cm³/mol. The van der Waals surface area contributed by atoms with Crippen LogP contribution in [0.4, 0.5) is 0 Å². The summed E-state index contributed by atoms with van der Waals surface area (Å²) >= 11 is 1.92. The van der Waals surface area contributed by atoms with Crippen molar-refractivity contribution in [2.75, 3.05) is 12.3 Å². The van der Waals surface area contributed by atoms with Gasteiger partial charge in [-0.05, 0) is 18.6 Å². The zero-order valence-corrected chi connectivity index (χ0v) is 9.10. The van der Waals surface area contributed by atoms with E-state index in [4.69, 9.17) is 0 Å². The van der Waals surface area contributed by atoms with E-state index < -0.39 is 11.8 Å². The second-order valence-electron chi connectivity index (χ2n) is 3.59. The van der Waals surface area contributed by atoms with Gasteiger partial charge in [0.2, 0.25) is 5.96 Å². The molecule has 0 saturated carbocycles. The van der Waals surface area contributed by atoms with Gasteiger partial charge in [-0.1, -0.05) is 6.42 Å². The minimum atomic E-state index is -0.620. The molecule has 0 aromatic carbocycles. The lowest BCUT2D eigenvalue weighted by atomic mass is 10.2. The molecule has 82 valence electrons. The van der Waals surface area contributed by atoms with E-state index in [1.807, 2.05) is 11.8 Å². The van der Waals surface area contributed by atoms with Gasteiger partial charge in [0.25, 0.3) is 0 Å². The molecule has 1 atom stereocenters. The Hall–Kier alpha value is -1.04. The van der Waals surface area contributed by atoms with Gasteiger partial charge in [-0.3, -0.25) is 25.2 Å². The third-order valence-electron chi connectivity index (χ3n) is 2.40. The molecule has 15 heavy (non-hydrogen) atoms. The van der Waals surface area contributed by atoms with Crippen molar-refractivity contribution in [3.05, 3.63) is 0 Å². The van der Waals surface area contributed by atoms with Crippen molar-refractivity contribution in [3.8, 4) is 0 Å². The van der Waals surface area contributed by atoms with E-state index in [2.05, 4.69) is 15.6 Å². The zero-order chi connectivity index (χ0) is 10.7. The molecule has 2 amide bonds. The van der Waals surface area contributed by atoms with E-state index >= 15 is 0 Å². The number of thioether (sulfide) groups is 1. The van der Waals surface area contributed by atoms with Crippen LogP contribution in [0.5, 0.6) is 0 Å². The van der Waals surface area contributed by atoms with Gasteiger partial charge in [-0.15, -0.1) is 0 Å². The van der Waals surface area contributed by atoms with Crippen LogP contribution in [0.2, 0.25) is 0 Å². The van der Waals surface area contributed by atoms with Gasteiger partial charge in [-0.2, -0.15) is 11.8 Å². The molecule has 0 aliphatic carbocycles. The molecule has 2 aliphatic heterocycles. The smallest absolute Gasteiger partial charge is 0.288 e. The Labute approximate surface area is 92.1 Å². The maximum absolute atomic E-state index is 10.8. The highest BCUT2D eigenvalue weighted by Gasteiger charge is 2.25. The van der Waals surface area contributed by atoms with Crippen LogP contribution in [0.15, 0.2) is 4.99 Å². The Bertz CT molecular complexity index is 292. The fourth-order valence-electron chi connectivity index (χ4n) is 1.58. The van der Waals surface area contributed by atoms with Gasteiger partial charge in [0.15, 0.2) is 0 Å². The molecule has 5 nitrogen and oxygen atoms in total. The third kappa shape index (κ3) is 2.71. The Balaban J connectivity index is 1.83. The molecule has 0 bridgehead atoms. The molecule has 0 aromatic heterocycles. The fraction of sp³-hybridized carbons (Fsp3) is 0.667. The standard InChI is InChI=1S/C9H13N3O2S/c13-7-8(14)12-9(11-7)10-5-6-3-1-2-4-15-6/h6H,1-5H2,(H2,10,11,12,13,14). The summed E-state index contributed by atoms with van der Waals surface area (Å²) in [6.45, 7) is 0.667. The van der Waals surface area contributed by atoms with Crippen LogP contribution in [0, 0.1) is 0 Å². The van der Waals surface area contributed by atoms with Gasteiger partial charge < -0.3 is 0 Å². The maximum Gasteiger partial charge on any atom is 0.316 e. The van der Waals surface area contributed by atoms with E-state index in [1.165, 1.54) is 25.0 Å². The molecule has 2 heterocycles. The number of nitrogens with one attached hydrogen (secondary N) is 2. The average Bonchev–Trinajstić information content (AvgIpc) is 2.57. The Morgan fingerprint density at radius 1 is 1.27 bits per heavy atom. The first kappa shape index (κ1) is 10.5. The minimum absolute atomic E-state index is 0.302. The van der Waals surface area contributed by atoms with Gasteiger partial charge in [0.05, 0.1) is 6.54 Å². The van der Waals surface area contributed by atoms with Crippen LogP contribution < -0.4 is 10.6 Å². The monoisotopic (exact) mass is 227 g/mol. The largest absolute Gasteiger partial charge is 0.316 e. The lowest BCUT2D eigenvalue weighted by Crippen LogP contribution is -2.27. The van der Waals surface area contributed by atoms with Crippen LogP contribution >= 0.6 is 11.8 Å². The lowest BCUT2D eigenvalue weighted by Gasteiger charge is -2.19. The van der Waals surface area contributed by atoms with Crippen molar-refractivity contribution in [3.63, 3.8) is 0 Å². The topological polar surface area (TPSA) is 70.6 Å². The Morgan fingerprint density at radius 3 is 2.60 bits per heavy atom. The summed E-state index contributed by atoms with van der Waals surface area (Å²) in [5, 5.41) is 5.30. The molecule has 0 aromatic rings. The van der Waals surface area contributed by atoms with Crippen LogP contribution in [0.1, 0.15) is 19.3 Å². The number of aliphatic imine (C=N–C) groups is 1. The number of carbonyl (C=O) groups excluding carboxylic acids is 2. The fourth-order valence-corrected chi connectivity index (χ4v) is 2.80. The summed E-state index contributed by atoms with van der Waals surface area (Å²) in [7, 11) is 0. The number of hydrogen-bond acceptors (Lipinski definition) is 4. The molecule has 0 spiro atoms. The summed E-state index contributed by atoms with van der Waals surface area (Å²) in [5.74, 6) is 0.250.